The predicted octanol–water partition coefficient (Wildman–Crippen LogP) is 3.39. The van der Waals surface area contributed by atoms with E-state index in [0.29, 0.717) is 30.6 Å². The maximum Gasteiger partial charge on any atom is 0.252 e. The summed E-state index contributed by atoms with van der Waals surface area (Å²) in [5.74, 6) is -0.491. The third kappa shape index (κ3) is 4.85. The Balaban J connectivity index is 1.58. The van der Waals surface area contributed by atoms with Gasteiger partial charge in [-0.15, -0.1) is 0 Å². The Morgan fingerprint density at radius 2 is 2.14 bits per heavy atom. The van der Waals surface area contributed by atoms with Crippen molar-refractivity contribution in [2.75, 3.05) is 11.9 Å². The highest BCUT2D eigenvalue weighted by Gasteiger charge is 2.27. The van der Waals surface area contributed by atoms with Crippen LogP contribution in [0.3, 0.4) is 0 Å². The van der Waals surface area contributed by atoms with Crippen molar-refractivity contribution in [1.29, 1.82) is 0 Å². The van der Waals surface area contributed by atoms with Crippen LogP contribution < -0.4 is 16.0 Å². The van der Waals surface area contributed by atoms with E-state index in [1.54, 1.807) is 12.1 Å². The molecule has 0 aliphatic carbocycles. The molecule has 1 aromatic rings. The van der Waals surface area contributed by atoms with E-state index in [4.69, 9.17) is 0 Å². The molecule has 3 rings (SSSR count). The number of rotatable bonds is 5. The first kappa shape index (κ1) is 19.8. The number of piperidine rings is 1. The number of benzene rings is 1. The van der Waals surface area contributed by atoms with Crippen molar-refractivity contribution in [2.45, 2.75) is 45.7 Å². The lowest BCUT2D eigenvalue weighted by Crippen LogP contribution is -2.49. The van der Waals surface area contributed by atoms with Crippen molar-refractivity contribution in [3.8, 4) is 0 Å². The highest BCUT2D eigenvalue weighted by Crippen LogP contribution is 2.29. The highest BCUT2D eigenvalue weighted by molar-refractivity contribution is 5.98. The van der Waals surface area contributed by atoms with Crippen LogP contribution in [-0.2, 0) is 4.79 Å². The number of amides is 2. The molecule has 0 saturated carbocycles. The smallest absolute Gasteiger partial charge is 0.252 e. The summed E-state index contributed by atoms with van der Waals surface area (Å²) in [4.78, 5) is 24.5. The first-order valence-electron chi connectivity index (χ1n) is 9.47. The number of nitrogens with zero attached hydrogens (tertiary/aromatic N) is 2. The van der Waals surface area contributed by atoms with E-state index >= 15 is 0 Å². The monoisotopic (exact) mass is 381 g/mol. The molecule has 1 aromatic carbocycles. The Morgan fingerprint density at radius 3 is 2.82 bits per heavy atom. The zero-order valence-corrected chi connectivity index (χ0v) is 16.6. The average molecular weight is 381 g/mol. The summed E-state index contributed by atoms with van der Waals surface area (Å²) in [5, 5.41) is 17.3. The van der Waals surface area contributed by atoms with E-state index < -0.39 is 6.04 Å². The van der Waals surface area contributed by atoms with Crippen LogP contribution in [0.5, 0.6) is 0 Å². The lowest BCUT2D eigenvalue weighted by Gasteiger charge is -2.24. The lowest BCUT2D eigenvalue weighted by molar-refractivity contribution is -0.123. The van der Waals surface area contributed by atoms with Crippen LogP contribution >= 0.6 is 0 Å². The summed E-state index contributed by atoms with van der Waals surface area (Å²) in [6.45, 7) is 10.7. The van der Waals surface area contributed by atoms with Gasteiger partial charge in [-0.05, 0) is 42.5 Å². The molecule has 1 saturated heterocycles. The van der Waals surface area contributed by atoms with Crippen LogP contribution in [0.15, 0.2) is 58.5 Å². The fourth-order valence-electron chi connectivity index (χ4n) is 3.02. The molecule has 0 aromatic heterocycles. The van der Waals surface area contributed by atoms with Crippen molar-refractivity contribution in [3.63, 3.8) is 0 Å². The third-order valence-electron chi connectivity index (χ3n) is 4.80. The Bertz CT molecular complexity index is 851. The molecular formula is C21H27N5O2. The molecule has 2 aliphatic rings. The maximum atomic E-state index is 12.5. The van der Waals surface area contributed by atoms with Gasteiger partial charge in [-0.1, -0.05) is 33.4 Å². The summed E-state index contributed by atoms with van der Waals surface area (Å²) < 4.78 is 0. The summed E-state index contributed by atoms with van der Waals surface area (Å²) >= 11 is 0. The van der Waals surface area contributed by atoms with Crippen molar-refractivity contribution < 1.29 is 9.59 Å². The summed E-state index contributed by atoms with van der Waals surface area (Å²) in [6.07, 6.45) is 3.29. The SMILES string of the molecule is C=C1CCC(NC(=O)c2cccc(NCC3=CC(C(C)(C)C)N=N3)c2)C(=O)N1. The van der Waals surface area contributed by atoms with Gasteiger partial charge in [-0.25, -0.2) is 0 Å². The second kappa shape index (κ2) is 7.96. The van der Waals surface area contributed by atoms with E-state index in [0.717, 1.165) is 11.4 Å². The molecular weight excluding hydrogens is 354 g/mol. The number of allylic oxidation sites excluding steroid dienone is 1. The molecule has 0 bridgehead atoms. The fourth-order valence-corrected chi connectivity index (χ4v) is 3.02. The second-order valence-electron chi connectivity index (χ2n) is 8.28. The molecule has 1 fully saturated rings. The molecule has 2 heterocycles. The zero-order valence-electron chi connectivity index (χ0n) is 16.6. The van der Waals surface area contributed by atoms with Crippen molar-refractivity contribution >= 4 is 17.5 Å². The van der Waals surface area contributed by atoms with Crippen LogP contribution in [0.25, 0.3) is 0 Å². The molecule has 148 valence electrons. The zero-order chi connectivity index (χ0) is 20.3. The van der Waals surface area contributed by atoms with E-state index in [1.165, 1.54) is 0 Å². The molecule has 2 unspecified atom stereocenters. The van der Waals surface area contributed by atoms with Gasteiger partial charge >= 0.3 is 0 Å². The first-order valence-corrected chi connectivity index (χ1v) is 9.47. The quantitative estimate of drug-likeness (QED) is 0.730. The molecule has 7 heteroatoms. The second-order valence-corrected chi connectivity index (χ2v) is 8.28. The molecule has 0 spiro atoms. The van der Waals surface area contributed by atoms with Crippen LogP contribution in [0.2, 0.25) is 0 Å². The Morgan fingerprint density at radius 1 is 1.36 bits per heavy atom. The Kier molecular flexibility index (Phi) is 5.63. The summed E-state index contributed by atoms with van der Waals surface area (Å²) in [5.41, 5.74) is 2.92. The Hall–Kier alpha value is -2.96. The number of anilines is 1. The predicted molar refractivity (Wildman–Crippen MR) is 109 cm³/mol. The maximum absolute atomic E-state index is 12.5. The van der Waals surface area contributed by atoms with Gasteiger partial charge in [0.2, 0.25) is 5.91 Å². The largest absolute Gasteiger partial charge is 0.379 e. The average Bonchev–Trinajstić information content (AvgIpc) is 3.12. The standard InChI is InChI=1S/C21H27N5O2/c1-13-8-9-17(20(28)23-13)24-19(27)14-6-5-7-15(10-14)22-12-16-11-18(26-25-16)21(2,3)4/h5-7,10-11,17-18,22H,1,8-9,12H2,2-4H3,(H,23,28)(H,24,27). The van der Waals surface area contributed by atoms with Gasteiger partial charge in [-0.2, -0.15) is 10.2 Å². The van der Waals surface area contributed by atoms with E-state index in [-0.39, 0.29) is 23.3 Å². The topological polar surface area (TPSA) is 94.9 Å². The van der Waals surface area contributed by atoms with Crippen LogP contribution in [-0.4, -0.2) is 30.4 Å². The molecule has 28 heavy (non-hydrogen) atoms. The summed E-state index contributed by atoms with van der Waals surface area (Å²) in [6, 6.07) is 6.74. The van der Waals surface area contributed by atoms with Gasteiger partial charge in [0.25, 0.3) is 5.91 Å². The number of azo groups is 1. The van der Waals surface area contributed by atoms with Gasteiger partial charge < -0.3 is 16.0 Å². The first-order chi connectivity index (χ1) is 13.2. The molecule has 2 aliphatic heterocycles. The number of hydrogen-bond donors (Lipinski definition) is 3. The Labute approximate surface area is 165 Å². The summed E-state index contributed by atoms with van der Waals surface area (Å²) in [7, 11) is 0. The minimum Gasteiger partial charge on any atom is -0.379 e. The molecule has 2 atom stereocenters. The normalized spacial score (nSPS) is 21.9. The third-order valence-corrected chi connectivity index (χ3v) is 4.80. The highest BCUT2D eigenvalue weighted by atomic mass is 16.2. The minimum absolute atomic E-state index is 0.0427. The fraction of sp³-hybridized carbons (Fsp3) is 0.429. The van der Waals surface area contributed by atoms with Gasteiger partial charge in [0.1, 0.15) is 6.04 Å². The minimum atomic E-state index is -0.534. The number of nitrogens with one attached hydrogen (secondary N) is 3. The number of carbonyl (C=O) groups excluding carboxylic acids is 2. The van der Waals surface area contributed by atoms with Crippen molar-refractivity contribution in [2.24, 2.45) is 15.6 Å². The molecule has 7 nitrogen and oxygen atoms in total. The van der Waals surface area contributed by atoms with Gasteiger partial charge in [0, 0.05) is 16.9 Å². The number of carbonyl (C=O) groups is 2. The number of hydrogen-bond acceptors (Lipinski definition) is 5. The van der Waals surface area contributed by atoms with Gasteiger partial charge in [0.05, 0.1) is 18.3 Å². The molecule has 3 N–H and O–H groups in total. The van der Waals surface area contributed by atoms with Gasteiger partial charge in [0.15, 0.2) is 0 Å². The van der Waals surface area contributed by atoms with E-state index in [1.807, 2.05) is 12.1 Å². The van der Waals surface area contributed by atoms with Crippen molar-refractivity contribution in [1.82, 2.24) is 10.6 Å². The van der Waals surface area contributed by atoms with Crippen LogP contribution in [0, 0.1) is 5.41 Å². The molecule has 0 radical (unpaired) electrons. The lowest BCUT2D eigenvalue weighted by atomic mass is 9.87. The van der Waals surface area contributed by atoms with E-state index in [2.05, 4.69) is 59.6 Å². The van der Waals surface area contributed by atoms with E-state index in [9.17, 15) is 9.59 Å². The van der Waals surface area contributed by atoms with Crippen LogP contribution in [0.4, 0.5) is 5.69 Å². The van der Waals surface area contributed by atoms with Crippen LogP contribution in [0.1, 0.15) is 44.0 Å². The van der Waals surface area contributed by atoms with Crippen molar-refractivity contribution in [3.05, 3.63) is 53.9 Å². The molecule has 2 amide bonds. The van der Waals surface area contributed by atoms with Gasteiger partial charge in [-0.3, -0.25) is 9.59 Å².